The van der Waals surface area contributed by atoms with E-state index in [9.17, 15) is 0 Å². The summed E-state index contributed by atoms with van der Waals surface area (Å²) in [5.41, 5.74) is 9.18. The highest BCUT2D eigenvalue weighted by Crippen LogP contribution is 2.37. The Morgan fingerprint density at radius 3 is 1.79 bits per heavy atom. The highest BCUT2D eigenvalue weighted by Gasteiger charge is 2.13. The average molecular weight is 427 g/mol. The Hall–Kier alpha value is -4.30. The molecule has 0 aliphatic rings. The van der Waals surface area contributed by atoms with Crippen LogP contribution >= 0.6 is 0 Å². The lowest BCUT2D eigenvalue weighted by atomic mass is 10.0. The predicted octanol–water partition coefficient (Wildman–Crippen LogP) is 8.88. The second-order valence-electron chi connectivity index (χ2n) is 8.13. The second kappa shape index (κ2) is 9.46. The van der Waals surface area contributed by atoms with Crippen LogP contribution in [0, 0.1) is 6.92 Å². The maximum absolute atomic E-state index is 3.50. The normalized spacial score (nSPS) is 10.6. The Morgan fingerprint density at radius 2 is 1.06 bits per heavy atom. The van der Waals surface area contributed by atoms with Crippen LogP contribution in [0.5, 0.6) is 0 Å². The van der Waals surface area contributed by atoms with Gasteiger partial charge in [-0.25, -0.2) is 0 Å². The number of nitrogens with zero attached hydrogens (tertiary/aromatic N) is 1. The van der Waals surface area contributed by atoms with E-state index in [1.54, 1.807) is 0 Å². The molecule has 0 radical (unpaired) electrons. The van der Waals surface area contributed by atoms with Crippen molar-refractivity contribution in [2.24, 2.45) is 0 Å². The minimum absolute atomic E-state index is 1.07. The van der Waals surface area contributed by atoms with Crippen LogP contribution in [0.2, 0.25) is 0 Å². The van der Waals surface area contributed by atoms with Gasteiger partial charge >= 0.3 is 0 Å². The fraction of sp³-hybridized carbons (Fsp3) is 0.0323. The summed E-state index contributed by atoms with van der Waals surface area (Å²) in [5, 5.41) is 3.50. The van der Waals surface area contributed by atoms with Gasteiger partial charge in [-0.3, -0.25) is 0 Å². The molecule has 1 N–H and O–H groups in total. The maximum atomic E-state index is 3.50. The molecule has 0 aliphatic heterocycles. The van der Waals surface area contributed by atoms with Crippen LogP contribution in [0.4, 0.5) is 28.4 Å². The minimum atomic E-state index is 1.07. The van der Waals surface area contributed by atoms with Gasteiger partial charge in [-0.1, -0.05) is 72.8 Å². The van der Waals surface area contributed by atoms with Crippen LogP contribution in [0.25, 0.3) is 11.1 Å². The van der Waals surface area contributed by atoms with E-state index >= 15 is 0 Å². The van der Waals surface area contributed by atoms with Gasteiger partial charge in [0.25, 0.3) is 0 Å². The van der Waals surface area contributed by atoms with Crippen molar-refractivity contribution in [1.29, 1.82) is 0 Å². The molecule has 0 heterocycles. The van der Waals surface area contributed by atoms with E-state index < -0.39 is 0 Å². The highest BCUT2D eigenvalue weighted by atomic mass is 15.1. The molecule has 33 heavy (non-hydrogen) atoms. The van der Waals surface area contributed by atoms with Gasteiger partial charge < -0.3 is 10.2 Å². The van der Waals surface area contributed by atoms with Crippen LogP contribution in [-0.4, -0.2) is 0 Å². The molecule has 2 nitrogen and oxygen atoms in total. The molecular weight excluding hydrogens is 400 g/mol. The van der Waals surface area contributed by atoms with Gasteiger partial charge in [-0.15, -0.1) is 0 Å². The lowest BCUT2D eigenvalue weighted by Crippen LogP contribution is -2.09. The molecule has 0 aromatic heterocycles. The Kier molecular flexibility index (Phi) is 5.90. The highest BCUT2D eigenvalue weighted by molar-refractivity contribution is 5.80. The van der Waals surface area contributed by atoms with Gasteiger partial charge in [0.2, 0.25) is 0 Å². The van der Waals surface area contributed by atoms with E-state index in [1.165, 1.54) is 16.7 Å². The van der Waals surface area contributed by atoms with Gasteiger partial charge in [-0.05, 0) is 84.3 Å². The van der Waals surface area contributed by atoms with Gasteiger partial charge in [0.05, 0.1) is 0 Å². The fourth-order valence-electron chi connectivity index (χ4n) is 4.06. The lowest BCUT2D eigenvalue weighted by molar-refractivity contribution is 1.28. The van der Waals surface area contributed by atoms with Crippen LogP contribution in [0.3, 0.4) is 0 Å². The summed E-state index contributed by atoms with van der Waals surface area (Å²) in [7, 11) is 0. The van der Waals surface area contributed by atoms with Gasteiger partial charge in [0.1, 0.15) is 0 Å². The first-order chi connectivity index (χ1) is 16.3. The summed E-state index contributed by atoms with van der Waals surface area (Å²) in [6.07, 6.45) is 0. The molecule has 2 heteroatoms. The smallest absolute Gasteiger partial charge is 0.0467 e. The van der Waals surface area contributed by atoms with Crippen molar-refractivity contribution < 1.29 is 0 Å². The molecule has 0 bridgehead atoms. The number of hydrogen-bond donors (Lipinski definition) is 1. The molecule has 0 amide bonds. The summed E-state index contributed by atoms with van der Waals surface area (Å²) in [6, 6.07) is 46.7. The third-order valence-electron chi connectivity index (χ3n) is 5.66. The minimum Gasteiger partial charge on any atom is -0.356 e. The van der Waals surface area contributed by atoms with E-state index in [-0.39, 0.29) is 0 Å². The Balaban J connectivity index is 1.50. The zero-order valence-electron chi connectivity index (χ0n) is 18.6. The van der Waals surface area contributed by atoms with E-state index in [0.717, 1.165) is 28.4 Å². The molecule has 5 aromatic rings. The molecule has 5 aromatic carbocycles. The van der Waals surface area contributed by atoms with Crippen molar-refractivity contribution in [3.05, 3.63) is 139 Å². The van der Waals surface area contributed by atoms with E-state index in [4.69, 9.17) is 0 Å². The molecule has 0 saturated carbocycles. The zero-order chi connectivity index (χ0) is 22.5. The van der Waals surface area contributed by atoms with Gasteiger partial charge in [-0.2, -0.15) is 0 Å². The van der Waals surface area contributed by atoms with Gasteiger partial charge in [0, 0.05) is 28.4 Å². The maximum Gasteiger partial charge on any atom is 0.0467 e. The molecule has 0 spiro atoms. The van der Waals surface area contributed by atoms with Crippen LogP contribution < -0.4 is 10.2 Å². The Morgan fingerprint density at radius 1 is 0.455 bits per heavy atom. The van der Waals surface area contributed by atoms with E-state index in [1.807, 2.05) is 0 Å². The van der Waals surface area contributed by atoms with Crippen molar-refractivity contribution in [3.63, 3.8) is 0 Å². The predicted molar refractivity (Wildman–Crippen MR) is 141 cm³/mol. The second-order valence-corrected chi connectivity index (χ2v) is 8.13. The lowest BCUT2D eigenvalue weighted by Gasteiger charge is -2.26. The number of anilines is 5. The summed E-state index contributed by atoms with van der Waals surface area (Å²) < 4.78 is 0. The molecule has 0 aliphatic carbocycles. The van der Waals surface area contributed by atoms with Crippen molar-refractivity contribution in [1.82, 2.24) is 0 Å². The summed E-state index contributed by atoms with van der Waals surface area (Å²) in [6.45, 7) is 2.11. The van der Waals surface area contributed by atoms with Crippen molar-refractivity contribution in [2.45, 2.75) is 6.92 Å². The van der Waals surface area contributed by atoms with Gasteiger partial charge in [0.15, 0.2) is 0 Å². The van der Waals surface area contributed by atoms with E-state index in [0.29, 0.717) is 0 Å². The quantitative estimate of drug-likeness (QED) is 0.292. The number of benzene rings is 5. The van der Waals surface area contributed by atoms with Crippen LogP contribution in [0.1, 0.15) is 5.56 Å². The van der Waals surface area contributed by atoms with E-state index in [2.05, 4.69) is 151 Å². The van der Waals surface area contributed by atoms with Crippen LogP contribution in [-0.2, 0) is 0 Å². The Labute approximate surface area is 195 Å². The third kappa shape index (κ3) is 4.81. The zero-order valence-corrected chi connectivity index (χ0v) is 18.6. The summed E-state index contributed by atoms with van der Waals surface area (Å²) in [5.74, 6) is 0. The Bertz CT molecular complexity index is 1330. The average Bonchev–Trinajstić information content (AvgIpc) is 2.87. The molecule has 0 atom stereocenters. The first-order valence-electron chi connectivity index (χ1n) is 11.2. The topological polar surface area (TPSA) is 15.3 Å². The number of para-hydroxylation sites is 1. The molecular formula is C31H26N2. The van der Waals surface area contributed by atoms with Crippen LogP contribution in [0.15, 0.2) is 133 Å². The first kappa shape index (κ1) is 20.6. The SMILES string of the molecule is Cc1cccc(Nc2ccc(N(c3ccccc3)c3cccc(-c4ccccc4)c3)cc2)c1. The number of rotatable bonds is 6. The number of aryl methyl sites for hydroxylation is 1. The van der Waals surface area contributed by atoms with Crippen molar-refractivity contribution in [3.8, 4) is 11.1 Å². The molecule has 0 fully saturated rings. The number of hydrogen-bond acceptors (Lipinski definition) is 2. The number of nitrogens with one attached hydrogen (secondary N) is 1. The third-order valence-corrected chi connectivity index (χ3v) is 5.66. The molecule has 0 unspecified atom stereocenters. The summed E-state index contributed by atoms with van der Waals surface area (Å²) in [4.78, 5) is 2.29. The fourth-order valence-corrected chi connectivity index (χ4v) is 4.06. The monoisotopic (exact) mass is 426 g/mol. The largest absolute Gasteiger partial charge is 0.356 e. The summed E-state index contributed by atoms with van der Waals surface area (Å²) >= 11 is 0. The molecule has 0 saturated heterocycles. The standard InChI is InChI=1S/C31H26N2/c1-24-10-8-14-28(22-24)32-27-18-20-30(21-19-27)33(29-15-6-3-7-16-29)31-17-9-13-26(23-31)25-11-4-2-5-12-25/h2-23,32H,1H3. The molecule has 160 valence electrons. The molecule has 5 rings (SSSR count). The first-order valence-corrected chi connectivity index (χ1v) is 11.2. The van der Waals surface area contributed by atoms with Crippen molar-refractivity contribution in [2.75, 3.05) is 10.2 Å². The van der Waals surface area contributed by atoms with Crippen molar-refractivity contribution >= 4 is 28.4 Å².